The Morgan fingerprint density at radius 3 is 2.27 bits per heavy atom. The van der Waals surface area contributed by atoms with Crippen LogP contribution in [0.25, 0.3) is 0 Å². The molecule has 1 fully saturated rings. The molecule has 0 amide bonds. The lowest BCUT2D eigenvalue weighted by Crippen LogP contribution is -2.36. The van der Waals surface area contributed by atoms with E-state index in [1.54, 1.807) is 0 Å². The molecule has 0 bridgehead atoms. The van der Waals surface area contributed by atoms with Crippen molar-refractivity contribution < 1.29 is 9.53 Å². The number of rotatable bonds is 3. The van der Waals surface area contributed by atoms with Crippen molar-refractivity contribution in [2.45, 2.75) is 38.6 Å². The van der Waals surface area contributed by atoms with Crippen molar-refractivity contribution in [3.8, 4) is 0 Å². The molecule has 1 rings (SSSR count). The molecule has 1 aliphatic carbocycles. The standard InChI is InChI=1S/C11H21NO2.ClH/c1-4-12(2)10-7-5-9(6-8-10)11(13)14-3;/h9-10H,4-8H2,1-3H3;1H. The van der Waals surface area contributed by atoms with Gasteiger partial charge in [-0.25, -0.2) is 0 Å². The molecule has 0 spiro atoms. The van der Waals surface area contributed by atoms with E-state index in [0.717, 1.165) is 32.2 Å². The number of esters is 1. The summed E-state index contributed by atoms with van der Waals surface area (Å²) in [7, 11) is 3.63. The molecule has 0 aromatic heterocycles. The molecule has 0 radical (unpaired) electrons. The summed E-state index contributed by atoms with van der Waals surface area (Å²) in [6, 6.07) is 0.668. The van der Waals surface area contributed by atoms with Crippen molar-refractivity contribution in [2.75, 3.05) is 20.7 Å². The minimum atomic E-state index is -0.0254. The summed E-state index contributed by atoms with van der Waals surface area (Å²) >= 11 is 0. The van der Waals surface area contributed by atoms with E-state index in [-0.39, 0.29) is 24.3 Å². The highest BCUT2D eigenvalue weighted by Crippen LogP contribution is 2.27. The van der Waals surface area contributed by atoms with Gasteiger partial charge in [-0.2, -0.15) is 0 Å². The number of carbonyl (C=O) groups is 1. The van der Waals surface area contributed by atoms with Crippen LogP contribution in [0.4, 0.5) is 0 Å². The Kier molecular flexibility index (Phi) is 6.94. The van der Waals surface area contributed by atoms with Gasteiger partial charge in [-0.05, 0) is 39.3 Å². The lowest BCUT2D eigenvalue weighted by atomic mass is 9.85. The zero-order valence-electron chi connectivity index (χ0n) is 9.86. The van der Waals surface area contributed by atoms with Crippen LogP contribution in [-0.2, 0) is 9.53 Å². The second-order valence-corrected chi connectivity index (χ2v) is 4.10. The number of methoxy groups -OCH3 is 1. The van der Waals surface area contributed by atoms with Gasteiger partial charge in [0.1, 0.15) is 0 Å². The average molecular weight is 236 g/mol. The van der Waals surface area contributed by atoms with Gasteiger partial charge >= 0.3 is 5.97 Å². The minimum absolute atomic E-state index is 0. The molecule has 0 saturated heterocycles. The maximum Gasteiger partial charge on any atom is 0.308 e. The Morgan fingerprint density at radius 2 is 1.87 bits per heavy atom. The number of carbonyl (C=O) groups excluding carboxylic acids is 1. The van der Waals surface area contributed by atoms with Crippen LogP contribution < -0.4 is 0 Å². The van der Waals surface area contributed by atoms with E-state index in [9.17, 15) is 4.79 Å². The van der Waals surface area contributed by atoms with Gasteiger partial charge in [0.25, 0.3) is 0 Å². The van der Waals surface area contributed by atoms with Gasteiger partial charge in [-0.1, -0.05) is 6.92 Å². The molecule has 0 aliphatic heterocycles. The van der Waals surface area contributed by atoms with Crippen LogP contribution in [0, 0.1) is 5.92 Å². The van der Waals surface area contributed by atoms with E-state index in [4.69, 9.17) is 4.74 Å². The van der Waals surface area contributed by atoms with E-state index in [1.807, 2.05) is 0 Å². The second kappa shape index (κ2) is 7.07. The SMILES string of the molecule is CCN(C)C1CCC(C(=O)OC)CC1.Cl. The van der Waals surface area contributed by atoms with Crippen molar-refractivity contribution in [2.24, 2.45) is 5.92 Å². The number of hydrogen-bond acceptors (Lipinski definition) is 3. The van der Waals surface area contributed by atoms with Crippen LogP contribution >= 0.6 is 12.4 Å². The quantitative estimate of drug-likeness (QED) is 0.702. The Hall–Kier alpha value is -0.280. The summed E-state index contributed by atoms with van der Waals surface area (Å²) in [4.78, 5) is 13.6. The number of nitrogens with zero attached hydrogens (tertiary/aromatic N) is 1. The molecule has 0 heterocycles. The Bertz CT molecular complexity index is 191. The van der Waals surface area contributed by atoms with E-state index < -0.39 is 0 Å². The van der Waals surface area contributed by atoms with Gasteiger partial charge < -0.3 is 9.64 Å². The highest BCUT2D eigenvalue weighted by Gasteiger charge is 2.27. The first kappa shape index (κ1) is 14.7. The molecule has 90 valence electrons. The fraction of sp³-hybridized carbons (Fsp3) is 0.909. The molecular formula is C11H22ClNO2. The van der Waals surface area contributed by atoms with Crippen LogP contribution in [0.3, 0.4) is 0 Å². The van der Waals surface area contributed by atoms with Crippen molar-refractivity contribution in [1.29, 1.82) is 0 Å². The molecule has 1 aliphatic rings. The smallest absolute Gasteiger partial charge is 0.308 e. The normalized spacial score (nSPS) is 25.9. The predicted octanol–water partition coefficient (Wildman–Crippen LogP) is 2.09. The number of hydrogen-bond donors (Lipinski definition) is 0. The maximum absolute atomic E-state index is 11.3. The van der Waals surface area contributed by atoms with Crippen molar-refractivity contribution in [3.05, 3.63) is 0 Å². The number of halogens is 1. The third-order valence-corrected chi connectivity index (χ3v) is 3.35. The predicted molar refractivity (Wildman–Crippen MR) is 63.3 cm³/mol. The molecular weight excluding hydrogens is 214 g/mol. The molecule has 0 unspecified atom stereocenters. The Balaban J connectivity index is 0.00000196. The first-order chi connectivity index (χ1) is 6.69. The lowest BCUT2D eigenvalue weighted by molar-refractivity contribution is -0.146. The van der Waals surface area contributed by atoms with E-state index in [1.165, 1.54) is 7.11 Å². The van der Waals surface area contributed by atoms with Crippen LogP contribution in [0.1, 0.15) is 32.6 Å². The van der Waals surface area contributed by atoms with Crippen LogP contribution in [0.5, 0.6) is 0 Å². The first-order valence-electron chi connectivity index (χ1n) is 5.47. The molecule has 4 heteroatoms. The summed E-state index contributed by atoms with van der Waals surface area (Å²) in [5.41, 5.74) is 0. The minimum Gasteiger partial charge on any atom is -0.469 e. The van der Waals surface area contributed by atoms with Gasteiger partial charge in [0, 0.05) is 6.04 Å². The Labute approximate surface area is 98.6 Å². The van der Waals surface area contributed by atoms with Crippen LogP contribution in [-0.4, -0.2) is 37.6 Å². The van der Waals surface area contributed by atoms with Gasteiger partial charge in [0.05, 0.1) is 13.0 Å². The zero-order valence-corrected chi connectivity index (χ0v) is 10.7. The van der Waals surface area contributed by atoms with E-state index in [2.05, 4.69) is 18.9 Å². The average Bonchev–Trinajstić information content (AvgIpc) is 2.27. The fourth-order valence-electron chi connectivity index (χ4n) is 2.18. The van der Waals surface area contributed by atoms with Gasteiger partial charge in [-0.15, -0.1) is 12.4 Å². The highest BCUT2D eigenvalue weighted by atomic mass is 35.5. The third-order valence-electron chi connectivity index (χ3n) is 3.35. The van der Waals surface area contributed by atoms with E-state index >= 15 is 0 Å². The topological polar surface area (TPSA) is 29.5 Å². The molecule has 3 nitrogen and oxygen atoms in total. The van der Waals surface area contributed by atoms with Crippen molar-refractivity contribution >= 4 is 18.4 Å². The third kappa shape index (κ3) is 3.99. The summed E-state index contributed by atoms with van der Waals surface area (Å²) in [5.74, 6) is 0.129. The summed E-state index contributed by atoms with van der Waals surface area (Å²) in [6.07, 6.45) is 4.23. The second-order valence-electron chi connectivity index (χ2n) is 4.10. The van der Waals surface area contributed by atoms with Crippen molar-refractivity contribution in [3.63, 3.8) is 0 Å². The maximum atomic E-state index is 11.3. The largest absolute Gasteiger partial charge is 0.469 e. The highest BCUT2D eigenvalue weighted by molar-refractivity contribution is 5.85. The van der Waals surface area contributed by atoms with Crippen LogP contribution in [0.2, 0.25) is 0 Å². The van der Waals surface area contributed by atoms with Crippen LogP contribution in [0.15, 0.2) is 0 Å². The van der Waals surface area contributed by atoms with Gasteiger partial charge in [0.15, 0.2) is 0 Å². The Morgan fingerprint density at radius 1 is 1.33 bits per heavy atom. The fourth-order valence-corrected chi connectivity index (χ4v) is 2.18. The first-order valence-corrected chi connectivity index (χ1v) is 5.47. The summed E-state index contributed by atoms with van der Waals surface area (Å²) < 4.78 is 4.76. The summed E-state index contributed by atoms with van der Waals surface area (Å²) in [5, 5.41) is 0. The molecule has 0 N–H and O–H groups in total. The molecule has 0 atom stereocenters. The molecule has 0 aromatic rings. The van der Waals surface area contributed by atoms with Crippen molar-refractivity contribution in [1.82, 2.24) is 4.90 Å². The van der Waals surface area contributed by atoms with E-state index in [0.29, 0.717) is 6.04 Å². The molecule has 1 saturated carbocycles. The number of ether oxygens (including phenoxy) is 1. The van der Waals surface area contributed by atoms with Gasteiger partial charge in [0.2, 0.25) is 0 Å². The summed E-state index contributed by atoms with van der Waals surface area (Å²) in [6.45, 7) is 3.26. The lowest BCUT2D eigenvalue weighted by Gasteiger charge is -2.33. The monoisotopic (exact) mass is 235 g/mol. The molecule has 0 aromatic carbocycles. The molecule has 15 heavy (non-hydrogen) atoms. The zero-order chi connectivity index (χ0) is 10.6. The van der Waals surface area contributed by atoms with Gasteiger partial charge in [-0.3, -0.25) is 4.79 Å².